The number of hydrogen-bond acceptors (Lipinski definition) is 5. The standard InChI is InChI=1S/C25H27NO4/c1-25(2)12-11-19-20(26-13-15-29-16-14-26)17-22(28-3)23(24(19)30-25)21(27)10-9-18-7-5-4-6-8-18/h4-12,17H,13-16H2,1-3H3/b10-9+. The fourth-order valence-corrected chi connectivity index (χ4v) is 3.76. The molecular formula is C25H27NO4. The molecule has 2 heterocycles. The molecule has 2 aromatic carbocycles. The van der Waals surface area contributed by atoms with Gasteiger partial charge in [0.2, 0.25) is 0 Å². The largest absolute Gasteiger partial charge is 0.496 e. The predicted octanol–water partition coefficient (Wildman–Crippen LogP) is 4.61. The molecule has 0 saturated carbocycles. The van der Waals surface area contributed by atoms with E-state index in [0.717, 1.165) is 29.9 Å². The molecule has 4 rings (SSSR count). The highest BCUT2D eigenvalue weighted by Crippen LogP contribution is 2.45. The highest BCUT2D eigenvalue weighted by molar-refractivity contribution is 6.12. The number of benzene rings is 2. The van der Waals surface area contributed by atoms with Gasteiger partial charge in [0.05, 0.1) is 26.0 Å². The molecule has 5 nitrogen and oxygen atoms in total. The Bertz CT molecular complexity index is 986. The first-order chi connectivity index (χ1) is 14.5. The van der Waals surface area contributed by atoms with E-state index in [-0.39, 0.29) is 5.78 Å². The van der Waals surface area contributed by atoms with Gasteiger partial charge < -0.3 is 19.1 Å². The third-order valence-electron chi connectivity index (χ3n) is 5.32. The van der Waals surface area contributed by atoms with Crippen molar-refractivity contribution in [2.75, 3.05) is 38.3 Å². The van der Waals surface area contributed by atoms with Crippen molar-refractivity contribution in [2.45, 2.75) is 19.4 Å². The van der Waals surface area contributed by atoms with E-state index in [4.69, 9.17) is 14.2 Å². The van der Waals surface area contributed by atoms with Gasteiger partial charge in [-0.2, -0.15) is 0 Å². The Morgan fingerprint density at radius 1 is 1.17 bits per heavy atom. The number of anilines is 1. The molecule has 0 spiro atoms. The summed E-state index contributed by atoms with van der Waals surface area (Å²) in [5.41, 5.74) is 2.81. The number of nitrogens with zero attached hydrogens (tertiary/aromatic N) is 1. The van der Waals surface area contributed by atoms with Crippen molar-refractivity contribution in [3.05, 3.63) is 65.2 Å². The summed E-state index contributed by atoms with van der Waals surface area (Å²) in [5.74, 6) is 0.946. The van der Waals surface area contributed by atoms with Crippen LogP contribution in [0, 0.1) is 0 Å². The van der Waals surface area contributed by atoms with Crippen molar-refractivity contribution in [3.8, 4) is 11.5 Å². The maximum atomic E-state index is 13.3. The van der Waals surface area contributed by atoms with E-state index in [9.17, 15) is 4.79 Å². The summed E-state index contributed by atoms with van der Waals surface area (Å²) in [5, 5.41) is 0. The van der Waals surface area contributed by atoms with Gasteiger partial charge >= 0.3 is 0 Å². The van der Waals surface area contributed by atoms with Crippen molar-refractivity contribution < 1.29 is 19.0 Å². The Labute approximate surface area is 177 Å². The highest BCUT2D eigenvalue weighted by Gasteiger charge is 2.32. The molecule has 0 radical (unpaired) electrons. The van der Waals surface area contributed by atoms with Crippen LogP contribution in [-0.2, 0) is 4.74 Å². The van der Waals surface area contributed by atoms with Crippen molar-refractivity contribution in [1.82, 2.24) is 0 Å². The van der Waals surface area contributed by atoms with E-state index in [1.165, 1.54) is 0 Å². The van der Waals surface area contributed by atoms with Crippen LogP contribution in [0.3, 0.4) is 0 Å². The number of fused-ring (bicyclic) bond motifs is 1. The lowest BCUT2D eigenvalue weighted by Gasteiger charge is -2.35. The normalized spacial score (nSPS) is 17.5. The number of morpholine rings is 1. The maximum Gasteiger partial charge on any atom is 0.193 e. The van der Waals surface area contributed by atoms with Crippen LogP contribution in [0.15, 0.2) is 48.6 Å². The molecule has 2 aliphatic rings. The summed E-state index contributed by atoms with van der Waals surface area (Å²) in [7, 11) is 1.59. The van der Waals surface area contributed by atoms with Crippen molar-refractivity contribution in [1.29, 1.82) is 0 Å². The molecule has 0 aliphatic carbocycles. The molecule has 0 bridgehead atoms. The molecule has 2 aromatic rings. The van der Waals surface area contributed by atoms with E-state index in [0.29, 0.717) is 30.3 Å². The van der Waals surface area contributed by atoms with Crippen molar-refractivity contribution >= 4 is 23.6 Å². The van der Waals surface area contributed by atoms with Crippen molar-refractivity contribution in [3.63, 3.8) is 0 Å². The summed E-state index contributed by atoms with van der Waals surface area (Å²) in [4.78, 5) is 15.5. The van der Waals surface area contributed by atoms with Gasteiger partial charge in [0, 0.05) is 24.7 Å². The van der Waals surface area contributed by atoms with Gasteiger partial charge in [0.1, 0.15) is 22.7 Å². The predicted molar refractivity (Wildman–Crippen MR) is 120 cm³/mol. The zero-order valence-electron chi connectivity index (χ0n) is 17.7. The summed E-state index contributed by atoms with van der Waals surface area (Å²) in [6.07, 6.45) is 7.48. The molecular weight excluding hydrogens is 378 g/mol. The molecule has 30 heavy (non-hydrogen) atoms. The van der Waals surface area contributed by atoms with Crippen LogP contribution < -0.4 is 14.4 Å². The number of carbonyl (C=O) groups excluding carboxylic acids is 1. The van der Waals surface area contributed by atoms with Crippen LogP contribution in [0.1, 0.15) is 35.3 Å². The number of hydrogen-bond donors (Lipinski definition) is 0. The minimum absolute atomic E-state index is 0.147. The smallest absolute Gasteiger partial charge is 0.193 e. The van der Waals surface area contributed by atoms with Crippen molar-refractivity contribution in [2.24, 2.45) is 0 Å². The first-order valence-corrected chi connectivity index (χ1v) is 10.2. The van der Waals surface area contributed by atoms with E-state index < -0.39 is 5.60 Å². The van der Waals surface area contributed by atoms with E-state index in [1.807, 2.05) is 62.4 Å². The minimum Gasteiger partial charge on any atom is -0.496 e. The van der Waals surface area contributed by atoms with Gasteiger partial charge in [-0.3, -0.25) is 4.79 Å². The lowest BCUT2D eigenvalue weighted by atomic mass is 9.95. The van der Waals surface area contributed by atoms with Crippen LogP contribution in [-0.4, -0.2) is 44.8 Å². The molecule has 156 valence electrons. The molecule has 0 aromatic heterocycles. The molecule has 0 unspecified atom stereocenters. The Morgan fingerprint density at radius 3 is 2.60 bits per heavy atom. The third kappa shape index (κ3) is 4.12. The quantitative estimate of drug-likeness (QED) is 0.537. The lowest BCUT2D eigenvalue weighted by molar-refractivity contribution is 0.103. The Hall–Kier alpha value is -3.05. The molecule has 5 heteroatoms. The van der Waals surface area contributed by atoms with Crippen LogP contribution in [0.25, 0.3) is 12.2 Å². The first-order valence-electron chi connectivity index (χ1n) is 10.2. The summed E-state index contributed by atoms with van der Waals surface area (Å²) < 4.78 is 17.5. The summed E-state index contributed by atoms with van der Waals surface area (Å²) >= 11 is 0. The average Bonchev–Trinajstić information content (AvgIpc) is 2.77. The average molecular weight is 405 g/mol. The number of ether oxygens (including phenoxy) is 3. The minimum atomic E-state index is -0.514. The third-order valence-corrected chi connectivity index (χ3v) is 5.32. The fraction of sp³-hybridized carbons (Fsp3) is 0.320. The zero-order valence-corrected chi connectivity index (χ0v) is 17.7. The van der Waals surface area contributed by atoms with Gasteiger partial charge in [-0.05, 0) is 37.6 Å². The highest BCUT2D eigenvalue weighted by atomic mass is 16.5. The SMILES string of the molecule is COc1cc(N2CCOCC2)c2c(c1C(=O)/C=C/c1ccccc1)OC(C)(C)C=C2. The van der Waals surface area contributed by atoms with Gasteiger partial charge in [-0.25, -0.2) is 0 Å². The van der Waals surface area contributed by atoms with Crippen LogP contribution in [0.2, 0.25) is 0 Å². The van der Waals surface area contributed by atoms with Gasteiger partial charge in [0.25, 0.3) is 0 Å². The Balaban J connectivity index is 1.81. The zero-order chi connectivity index (χ0) is 21.1. The second-order valence-electron chi connectivity index (χ2n) is 7.96. The van der Waals surface area contributed by atoms with Crippen LogP contribution in [0.5, 0.6) is 11.5 Å². The molecule has 0 N–H and O–H groups in total. The molecule has 1 fully saturated rings. The Morgan fingerprint density at radius 2 is 1.90 bits per heavy atom. The summed E-state index contributed by atoms with van der Waals surface area (Å²) in [6.45, 7) is 6.88. The molecule has 0 atom stereocenters. The Kier molecular flexibility index (Phi) is 5.64. The molecule has 2 aliphatic heterocycles. The monoisotopic (exact) mass is 405 g/mol. The first kappa shape index (κ1) is 20.2. The van der Waals surface area contributed by atoms with E-state index in [2.05, 4.69) is 11.0 Å². The fourth-order valence-electron chi connectivity index (χ4n) is 3.76. The van der Waals surface area contributed by atoms with Gasteiger partial charge in [-0.1, -0.05) is 36.4 Å². The van der Waals surface area contributed by atoms with E-state index >= 15 is 0 Å². The topological polar surface area (TPSA) is 48.0 Å². The second kappa shape index (κ2) is 8.36. The maximum absolute atomic E-state index is 13.3. The van der Waals surface area contributed by atoms with E-state index in [1.54, 1.807) is 13.2 Å². The van der Waals surface area contributed by atoms with Crippen LogP contribution >= 0.6 is 0 Å². The number of rotatable bonds is 5. The lowest BCUT2D eigenvalue weighted by Crippen LogP contribution is -2.37. The van der Waals surface area contributed by atoms with Crippen LogP contribution in [0.4, 0.5) is 5.69 Å². The molecule has 0 amide bonds. The number of methoxy groups -OCH3 is 1. The number of allylic oxidation sites excluding steroid dienone is 1. The van der Waals surface area contributed by atoms with Gasteiger partial charge in [0.15, 0.2) is 5.78 Å². The number of carbonyl (C=O) groups is 1. The van der Waals surface area contributed by atoms with Gasteiger partial charge in [-0.15, -0.1) is 0 Å². The summed E-state index contributed by atoms with van der Waals surface area (Å²) in [6, 6.07) is 11.7. The second-order valence-corrected chi connectivity index (χ2v) is 7.96. The number of ketones is 1. The molecule has 1 saturated heterocycles.